The lowest BCUT2D eigenvalue weighted by Crippen LogP contribution is -2.35. The van der Waals surface area contributed by atoms with Gasteiger partial charge in [-0.3, -0.25) is 4.79 Å². The van der Waals surface area contributed by atoms with Crippen LogP contribution in [0.2, 0.25) is 0 Å². The van der Waals surface area contributed by atoms with Gasteiger partial charge in [0.25, 0.3) is 5.91 Å². The summed E-state index contributed by atoms with van der Waals surface area (Å²) in [6, 6.07) is 15.8. The maximum atomic E-state index is 12.4. The van der Waals surface area contributed by atoms with Crippen LogP contribution in [0, 0.1) is 0 Å². The molecule has 1 saturated heterocycles. The van der Waals surface area contributed by atoms with E-state index in [4.69, 9.17) is 4.74 Å². The standard InChI is InChI=1S/C17H17NO4S/c19-17(18-13-10-11-23(20,21)12-13)15-8-4-5-9-16(15)22-14-6-2-1-3-7-14/h1-9,13H,10-12H2,(H,18,19)/t13-/m1/s1. The second-order valence-corrected chi connectivity index (χ2v) is 7.71. The van der Waals surface area contributed by atoms with E-state index in [-0.39, 0.29) is 23.5 Å². The number of rotatable bonds is 4. The fraction of sp³-hybridized carbons (Fsp3) is 0.235. The summed E-state index contributed by atoms with van der Waals surface area (Å²) in [4.78, 5) is 12.4. The van der Waals surface area contributed by atoms with E-state index in [0.717, 1.165) is 0 Å². The maximum absolute atomic E-state index is 12.4. The average molecular weight is 331 g/mol. The highest BCUT2D eigenvalue weighted by atomic mass is 32.2. The number of nitrogens with one attached hydrogen (secondary N) is 1. The van der Waals surface area contributed by atoms with Crippen LogP contribution >= 0.6 is 0 Å². The zero-order chi connectivity index (χ0) is 16.3. The minimum absolute atomic E-state index is 0.000446. The summed E-state index contributed by atoms with van der Waals surface area (Å²) in [5, 5.41) is 2.78. The molecule has 0 aliphatic carbocycles. The molecule has 1 N–H and O–H groups in total. The van der Waals surface area contributed by atoms with Crippen molar-refractivity contribution in [3.63, 3.8) is 0 Å². The molecule has 0 unspecified atom stereocenters. The number of hydrogen-bond acceptors (Lipinski definition) is 4. The number of amides is 1. The lowest BCUT2D eigenvalue weighted by molar-refractivity contribution is 0.0939. The normalized spacial score (nSPS) is 19.2. The van der Waals surface area contributed by atoms with Crippen molar-refractivity contribution < 1.29 is 17.9 Å². The number of carbonyl (C=O) groups is 1. The third-order valence-electron chi connectivity index (χ3n) is 3.67. The Hall–Kier alpha value is -2.34. The first-order valence-electron chi connectivity index (χ1n) is 7.37. The van der Waals surface area contributed by atoms with E-state index in [1.165, 1.54) is 0 Å². The Balaban J connectivity index is 1.76. The van der Waals surface area contributed by atoms with Gasteiger partial charge in [0.15, 0.2) is 9.84 Å². The third-order valence-corrected chi connectivity index (χ3v) is 5.44. The van der Waals surface area contributed by atoms with Gasteiger partial charge in [-0.05, 0) is 30.7 Å². The molecule has 0 aromatic heterocycles. The number of para-hydroxylation sites is 2. The molecule has 1 aliphatic rings. The Morgan fingerprint density at radius 2 is 1.74 bits per heavy atom. The summed E-state index contributed by atoms with van der Waals surface area (Å²) in [5.41, 5.74) is 0.389. The van der Waals surface area contributed by atoms with Gasteiger partial charge in [-0.1, -0.05) is 30.3 Å². The monoisotopic (exact) mass is 331 g/mol. The molecule has 1 aliphatic heterocycles. The Morgan fingerprint density at radius 3 is 2.43 bits per heavy atom. The van der Waals surface area contributed by atoms with Gasteiger partial charge in [-0.25, -0.2) is 8.42 Å². The molecule has 120 valence electrons. The van der Waals surface area contributed by atoms with E-state index < -0.39 is 9.84 Å². The predicted molar refractivity (Wildman–Crippen MR) is 87.5 cm³/mol. The van der Waals surface area contributed by atoms with Crippen molar-refractivity contribution in [2.75, 3.05) is 11.5 Å². The number of sulfone groups is 1. The molecule has 6 heteroatoms. The second kappa shape index (κ2) is 6.42. The fourth-order valence-electron chi connectivity index (χ4n) is 2.53. The van der Waals surface area contributed by atoms with E-state index in [2.05, 4.69) is 5.32 Å². The van der Waals surface area contributed by atoms with Crippen molar-refractivity contribution in [3.05, 3.63) is 60.2 Å². The van der Waals surface area contributed by atoms with E-state index in [0.29, 0.717) is 23.5 Å². The highest BCUT2D eigenvalue weighted by Crippen LogP contribution is 2.25. The zero-order valence-corrected chi connectivity index (χ0v) is 13.3. The lowest BCUT2D eigenvalue weighted by atomic mass is 10.1. The smallest absolute Gasteiger partial charge is 0.255 e. The fourth-order valence-corrected chi connectivity index (χ4v) is 4.20. The number of benzene rings is 2. The topological polar surface area (TPSA) is 72.5 Å². The molecule has 1 heterocycles. The molecule has 2 aromatic rings. The van der Waals surface area contributed by atoms with Crippen molar-refractivity contribution in [3.8, 4) is 11.5 Å². The lowest BCUT2D eigenvalue weighted by Gasteiger charge is -2.14. The molecule has 3 rings (SSSR count). The van der Waals surface area contributed by atoms with Crippen LogP contribution in [-0.4, -0.2) is 31.9 Å². The van der Waals surface area contributed by atoms with Crippen molar-refractivity contribution in [1.29, 1.82) is 0 Å². The molecule has 5 nitrogen and oxygen atoms in total. The van der Waals surface area contributed by atoms with E-state index >= 15 is 0 Å². The SMILES string of the molecule is O=C(N[C@@H]1CCS(=O)(=O)C1)c1ccccc1Oc1ccccc1. The van der Waals surface area contributed by atoms with Crippen LogP contribution in [0.15, 0.2) is 54.6 Å². The first-order valence-corrected chi connectivity index (χ1v) is 9.19. The van der Waals surface area contributed by atoms with Crippen molar-refractivity contribution in [2.24, 2.45) is 0 Å². The summed E-state index contributed by atoms with van der Waals surface area (Å²) in [7, 11) is -3.03. The first-order chi connectivity index (χ1) is 11.0. The van der Waals surface area contributed by atoms with Gasteiger partial charge in [-0.2, -0.15) is 0 Å². The van der Waals surface area contributed by atoms with Gasteiger partial charge in [0.2, 0.25) is 0 Å². The average Bonchev–Trinajstić information content (AvgIpc) is 2.87. The minimum atomic E-state index is -3.03. The van der Waals surface area contributed by atoms with Crippen LogP contribution in [0.1, 0.15) is 16.8 Å². The van der Waals surface area contributed by atoms with Gasteiger partial charge in [0, 0.05) is 6.04 Å². The van der Waals surface area contributed by atoms with Gasteiger partial charge < -0.3 is 10.1 Å². The molecule has 0 radical (unpaired) electrons. The number of carbonyl (C=O) groups excluding carboxylic acids is 1. The van der Waals surface area contributed by atoms with Crippen molar-refractivity contribution in [2.45, 2.75) is 12.5 Å². The Labute approximate surface area is 135 Å². The van der Waals surface area contributed by atoms with Crippen LogP contribution in [0.5, 0.6) is 11.5 Å². The Morgan fingerprint density at radius 1 is 1.04 bits per heavy atom. The molecular weight excluding hydrogens is 314 g/mol. The molecule has 2 aromatic carbocycles. The van der Waals surface area contributed by atoms with Gasteiger partial charge in [-0.15, -0.1) is 0 Å². The van der Waals surface area contributed by atoms with Crippen LogP contribution in [-0.2, 0) is 9.84 Å². The largest absolute Gasteiger partial charge is 0.457 e. The quantitative estimate of drug-likeness (QED) is 0.934. The molecule has 1 atom stereocenters. The molecular formula is C17H17NO4S. The highest BCUT2D eigenvalue weighted by Gasteiger charge is 2.29. The summed E-state index contributed by atoms with van der Waals surface area (Å²) in [6.07, 6.45) is 0.454. The summed E-state index contributed by atoms with van der Waals surface area (Å²) < 4.78 is 28.7. The van der Waals surface area contributed by atoms with Crippen molar-refractivity contribution in [1.82, 2.24) is 5.32 Å². The molecule has 0 saturated carbocycles. The van der Waals surface area contributed by atoms with Crippen LogP contribution in [0.25, 0.3) is 0 Å². The van der Waals surface area contributed by atoms with Gasteiger partial charge in [0.1, 0.15) is 11.5 Å². The third kappa shape index (κ3) is 3.90. The van der Waals surface area contributed by atoms with E-state index in [1.807, 2.05) is 18.2 Å². The first kappa shape index (κ1) is 15.6. The van der Waals surface area contributed by atoms with E-state index in [9.17, 15) is 13.2 Å². The molecule has 1 amide bonds. The zero-order valence-electron chi connectivity index (χ0n) is 12.4. The van der Waals surface area contributed by atoms with Gasteiger partial charge in [0.05, 0.1) is 17.1 Å². The maximum Gasteiger partial charge on any atom is 0.255 e. The van der Waals surface area contributed by atoms with Gasteiger partial charge >= 0.3 is 0 Å². The molecule has 0 spiro atoms. The minimum Gasteiger partial charge on any atom is -0.457 e. The van der Waals surface area contributed by atoms with Crippen LogP contribution < -0.4 is 10.1 Å². The molecule has 1 fully saturated rings. The second-order valence-electron chi connectivity index (χ2n) is 5.48. The molecule has 23 heavy (non-hydrogen) atoms. The Bertz CT molecular complexity index is 802. The number of ether oxygens (including phenoxy) is 1. The number of hydrogen-bond donors (Lipinski definition) is 1. The predicted octanol–water partition coefficient (Wildman–Crippen LogP) is 2.40. The van der Waals surface area contributed by atoms with Crippen LogP contribution in [0.3, 0.4) is 0 Å². The molecule has 0 bridgehead atoms. The van der Waals surface area contributed by atoms with Crippen molar-refractivity contribution >= 4 is 15.7 Å². The Kier molecular flexibility index (Phi) is 4.34. The highest BCUT2D eigenvalue weighted by molar-refractivity contribution is 7.91. The summed E-state index contributed by atoms with van der Waals surface area (Å²) in [5.74, 6) is 0.882. The van der Waals surface area contributed by atoms with Crippen LogP contribution in [0.4, 0.5) is 0 Å². The summed E-state index contributed by atoms with van der Waals surface area (Å²) in [6.45, 7) is 0. The van der Waals surface area contributed by atoms with E-state index in [1.54, 1.807) is 36.4 Å². The summed E-state index contributed by atoms with van der Waals surface area (Å²) >= 11 is 0.